The van der Waals surface area contributed by atoms with Crippen molar-refractivity contribution >= 4 is 5.91 Å². The van der Waals surface area contributed by atoms with E-state index in [0.717, 1.165) is 12.5 Å². The number of primary amides is 1. The highest BCUT2D eigenvalue weighted by Crippen LogP contribution is 2.77. The smallest absolute Gasteiger partial charge is 0.234 e. The molecule has 1 amide bonds. The molecule has 1 aliphatic heterocycles. The second-order valence-corrected chi connectivity index (χ2v) is 4.15. The predicted molar refractivity (Wildman–Crippen MR) is 39.6 cm³/mol. The van der Waals surface area contributed by atoms with E-state index in [1.807, 2.05) is 0 Å². The van der Waals surface area contributed by atoms with Crippen molar-refractivity contribution in [2.45, 2.75) is 18.9 Å². The van der Waals surface area contributed by atoms with Gasteiger partial charge in [0.05, 0.1) is 6.04 Å². The van der Waals surface area contributed by atoms with Crippen molar-refractivity contribution in [1.82, 2.24) is 5.32 Å². The highest BCUT2D eigenvalue weighted by atomic mass is 16.1. The van der Waals surface area contributed by atoms with Gasteiger partial charge in [-0.1, -0.05) is 0 Å². The normalized spacial score (nSPS) is 48.9. The SMILES string of the molecule is NC(=O)C1NCC2C1C21CC1. The second-order valence-electron chi connectivity index (χ2n) is 4.15. The Morgan fingerprint density at radius 1 is 1.55 bits per heavy atom. The van der Waals surface area contributed by atoms with Crippen LogP contribution in [0.5, 0.6) is 0 Å². The molecular formula is C8H12N2O. The Kier molecular flexibility index (Phi) is 0.796. The number of fused-ring (bicyclic) bond motifs is 3. The van der Waals surface area contributed by atoms with Gasteiger partial charge in [-0.25, -0.2) is 0 Å². The van der Waals surface area contributed by atoms with Crippen LogP contribution < -0.4 is 11.1 Å². The average molecular weight is 152 g/mol. The van der Waals surface area contributed by atoms with Crippen LogP contribution in [0.4, 0.5) is 0 Å². The molecule has 1 heterocycles. The van der Waals surface area contributed by atoms with Gasteiger partial charge in [-0.2, -0.15) is 0 Å². The summed E-state index contributed by atoms with van der Waals surface area (Å²) >= 11 is 0. The third kappa shape index (κ3) is 0.527. The molecule has 3 nitrogen and oxygen atoms in total. The van der Waals surface area contributed by atoms with Crippen molar-refractivity contribution in [2.24, 2.45) is 23.0 Å². The van der Waals surface area contributed by atoms with Crippen molar-refractivity contribution in [3.8, 4) is 0 Å². The number of rotatable bonds is 1. The van der Waals surface area contributed by atoms with Crippen molar-refractivity contribution in [3.05, 3.63) is 0 Å². The summed E-state index contributed by atoms with van der Waals surface area (Å²) < 4.78 is 0. The second kappa shape index (κ2) is 1.46. The Hall–Kier alpha value is -0.570. The van der Waals surface area contributed by atoms with Crippen LogP contribution in [0.2, 0.25) is 0 Å². The lowest BCUT2D eigenvalue weighted by Gasteiger charge is -2.10. The molecule has 1 saturated heterocycles. The fraction of sp³-hybridized carbons (Fsp3) is 0.875. The first-order chi connectivity index (χ1) is 5.26. The van der Waals surface area contributed by atoms with Gasteiger partial charge in [-0.15, -0.1) is 0 Å². The van der Waals surface area contributed by atoms with Gasteiger partial charge < -0.3 is 11.1 Å². The molecule has 3 atom stereocenters. The van der Waals surface area contributed by atoms with Gasteiger partial charge in [-0.05, 0) is 36.6 Å². The molecular weight excluding hydrogens is 140 g/mol. The van der Waals surface area contributed by atoms with E-state index >= 15 is 0 Å². The Bertz CT molecular complexity index is 234. The van der Waals surface area contributed by atoms with Gasteiger partial charge in [-0.3, -0.25) is 4.79 Å². The van der Waals surface area contributed by atoms with E-state index < -0.39 is 0 Å². The maximum absolute atomic E-state index is 10.9. The van der Waals surface area contributed by atoms with Crippen LogP contribution in [0.3, 0.4) is 0 Å². The molecule has 3 N–H and O–H groups in total. The van der Waals surface area contributed by atoms with Gasteiger partial charge >= 0.3 is 0 Å². The highest BCUT2D eigenvalue weighted by Gasteiger charge is 2.76. The number of hydrogen-bond acceptors (Lipinski definition) is 2. The lowest BCUT2D eigenvalue weighted by atomic mass is 10.1. The molecule has 60 valence electrons. The maximum atomic E-state index is 10.9. The number of piperidine rings is 1. The molecule has 0 radical (unpaired) electrons. The lowest BCUT2D eigenvalue weighted by Crippen LogP contribution is -2.40. The first-order valence-corrected chi connectivity index (χ1v) is 4.28. The van der Waals surface area contributed by atoms with E-state index in [2.05, 4.69) is 5.32 Å². The summed E-state index contributed by atoms with van der Waals surface area (Å²) in [5.74, 6) is 1.25. The van der Waals surface area contributed by atoms with Gasteiger partial charge in [0.15, 0.2) is 0 Å². The first-order valence-electron chi connectivity index (χ1n) is 4.28. The average Bonchev–Trinajstić information content (AvgIpc) is 2.79. The molecule has 0 aromatic rings. The molecule has 3 heteroatoms. The number of carbonyl (C=O) groups is 1. The zero-order valence-corrected chi connectivity index (χ0v) is 6.34. The largest absolute Gasteiger partial charge is 0.368 e. The van der Waals surface area contributed by atoms with Gasteiger partial charge in [0, 0.05) is 0 Å². The molecule has 2 aliphatic carbocycles. The molecule has 0 bridgehead atoms. The minimum atomic E-state index is -0.152. The molecule has 3 aliphatic rings. The van der Waals surface area contributed by atoms with Crippen molar-refractivity contribution in [1.29, 1.82) is 0 Å². The van der Waals surface area contributed by atoms with Crippen LogP contribution in [-0.2, 0) is 4.79 Å². The maximum Gasteiger partial charge on any atom is 0.234 e. The number of amides is 1. The van der Waals surface area contributed by atoms with Crippen molar-refractivity contribution < 1.29 is 4.79 Å². The molecule has 2 saturated carbocycles. The quantitative estimate of drug-likeness (QED) is 0.530. The summed E-state index contributed by atoms with van der Waals surface area (Å²) in [5.41, 5.74) is 5.86. The first kappa shape index (κ1) is 6.00. The van der Waals surface area contributed by atoms with Gasteiger partial charge in [0.25, 0.3) is 0 Å². The van der Waals surface area contributed by atoms with Crippen LogP contribution in [0.15, 0.2) is 0 Å². The zero-order chi connectivity index (χ0) is 7.64. The van der Waals surface area contributed by atoms with E-state index in [4.69, 9.17) is 5.73 Å². The molecule has 3 fully saturated rings. The van der Waals surface area contributed by atoms with E-state index in [9.17, 15) is 4.79 Å². The third-order valence-electron chi connectivity index (χ3n) is 3.78. The van der Waals surface area contributed by atoms with Crippen LogP contribution in [0.1, 0.15) is 12.8 Å². The summed E-state index contributed by atoms with van der Waals surface area (Å²) in [6.45, 7) is 1.03. The summed E-state index contributed by atoms with van der Waals surface area (Å²) in [6.07, 6.45) is 2.68. The summed E-state index contributed by atoms with van der Waals surface area (Å²) in [5, 5.41) is 3.18. The van der Waals surface area contributed by atoms with E-state index in [1.165, 1.54) is 12.8 Å². The van der Waals surface area contributed by atoms with E-state index in [0.29, 0.717) is 11.3 Å². The molecule has 3 unspecified atom stereocenters. The van der Waals surface area contributed by atoms with Crippen LogP contribution in [-0.4, -0.2) is 18.5 Å². The number of hydrogen-bond donors (Lipinski definition) is 2. The monoisotopic (exact) mass is 152 g/mol. The number of nitrogens with two attached hydrogens (primary N) is 1. The third-order valence-corrected chi connectivity index (χ3v) is 3.78. The van der Waals surface area contributed by atoms with E-state index in [1.54, 1.807) is 0 Å². The lowest BCUT2D eigenvalue weighted by molar-refractivity contribution is -0.120. The number of carbonyl (C=O) groups excluding carboxylic acids is 1. The standard InChI is InChI=1S/C8H12N2O/c9-7(11)6-5-4(3-10-6)8(5)1-2-8/h4-6,10H,1-3H2,(H2,9,11). The fourth-order valence-electron chi connectivity index (χ4n) is 3.01. The predicted octanol–water partition coefficient (Wildman–Crippen LogP) is -0.530. The van der Waals surface area contributed by atoms with Crippen molar-refractivity contribution in [2.75, 3.05) is 6.54 Å². The molecule has 0 aromatic heterocycles. The van der Waals surface area contributed by atoms with E-state index in [-0.39, 0.29) is 11.9 Å². The van der Waals surface area contributed by atoms with Crippen LogP contribution >= 0.6 is 0 Å². The fourth-order valence-corrected chi connectivity index (χ4v) is 3.01. The highest BCUT2D eigenvalue weighted by molar-refractivity contribution is 5.82. The molecule has 11 heavy (non-hydrogen) atoms. The summed E-state index contributed by atoms with van der Waals surface area (Å²) in [6, 6.07) is 0.00231. The summed E-state index contributed by atoms with van der Waals surface area (Å²) in [7, 11) is 0. The Morgan fingerprint density at radius 3 is 2.73 bits per heavy atom. The van der Waals surface area contributed by atoms with Crippen LogP contribution in [0.25, 0.3) is 0 Å². The van der Waals surface area contributed by atoms with Gasteiger partial charge in [0.2, 0.25) is 5.91 Å². The Morgan fingerprint density at radius 2 is 2.27 bits per heavy atom. The topological polar surface area (TPSA) is 55.1 Å². The molecule has 3 rings (SSSR count). The Balaban J connectivity index is 1.85. The Labute approximate surface area is 65.3 Å². The van der Waals surface area contributed by atoms with Crippen LogP contribution in [0, 0.1) is 17.3 Å². The van der Waals surface area contributed by atoms with Crippen molar-refractivity contribution in [3.63, 3.8) is 0 Å². The number of nitrogens with one attached hydrogen (secondary N) is 1. The zero-order valence-electron chi connectivity index (χ0n) is 6.34. The molecule has 0 aromatic carbocycles. The minimum absolute atomic E-state index is 0.00231. The van der Waals surface area contributed by atoms with Gasteiger partial charge in [0.1, 0.15) is 0 Å². The molecule has 1 spiro atoms. The minimum Gasteiger partial charge on any atom is -0.368 e. The summed E-state index contributed by atoms with van der Waals surface area (Å²) in [4.78, 5) is 10.9.